The summed E-state index contributed by atoms with van der Waals surface area (Å²) in [7, 11) is 1.29. The zero-order valence-electron chi connectivity index (χ0n) is 12.9. The summed E-state index contributed by atoms with van der Waals surface area (Å²) < 4.78 is 5.40. The number of hydrogen-bond donors (Lipinski definition) is 2. The average molecular weight is 373 g/mol. The predicted octanol–water partition coefficient (Wildman–Crippen LogP) is 2.22. The summed E-state index contributed by atoms with van der Waals surface area (Å²) in [4.78, 5) is 33.5. The minimum absolute atomic E-state index is 0.0313. The second kappa shape index (κ2) is 7.13. The Kier molecular flexibility index (Phi) is 5.44. The molecule has 7 nitrogen and oxygen atoms in total. The number of ether oxygens (including phenoxy) is 1. The smallest absolute Gasteiger partial charge is 0.407 e. The monoisotopic (exact) mass is 372 g/mol. The number of carbonyl (C=O) groups excluding carboxylic acids is 2. The van der Waals surface area contributed by atoms with Gasteiger partial charge in [0.1, 0.15) is 16.5 Å². The summed E-state index contributed by atoms with van der Waals surface area (Å²) in [6.07, 6.45) is 2.86. The molecule has 8 heteroatoms. The van der Waals surface area contributed by atoms with E-state index in [1.54, 1.807) is 11.1 Å². The third kappa shape index (κ3) is 3.60. The number of aromatic amines is 1. The third-order valence-corrected chi connectivity index (χ3v) is 4.21. The first-order chi connectivity index (χ1) is 10.4. The number of rotatable bonds is 4. The molecule has 0 bridgehead atoms. The number of alkyl carbamates (subject to hydrolysis) is 1. The van der Waals surface area contributed by atoms with Crippen molar-refractivity contribution in [1.29, 1.82) is 0 Å². The van der Waals surface area contributed by atoms with E-state index in [0.29, 0.717) is 6.54 Å². The Hall–Kier alpha value is -1.57. The Labute approximate surface area is 137 Å². The van der Waals surface area contributed by atoms with E-state index in [-0.39, 0.29) is 17.9 Å². The van der Waals surface area contributed by atoms with Crippen LogP contribution in [-0.2, 0) is 9.53 Å². The highest BCUT2D eigenvalue weighted by Gasteiger charge is 2.37. The van der Waals surface area contributed by atoms with Crippen molar-refractivity contribution in [3.8, 4) is 0 Å². The SMILES string of the molecule is COC(=O)N[C@H](C(=O)N1CCC[C@H]1c1ncc(Br)[nH]1)C(C)C. The number of aromatic nitrogens is 2. The number of carbonyl (C=O) groups is 2. The first-order valence-electron chi connectivity index (χ1n) is 7.29. The van der Waals surface area contributed by atoms with Crippen LogP contribution < -0.4 is 5.32 Å². The van der Waals surface area contributed by atoms with Crippen molar-refractivity contribution in [3.05, 3.63) is 16.6 Å². The maximum atomic E-state index is 12.8. The van der Waals surface area contributed by atoms with Crippen LogP contribution in [0.3, 0.4) is 0 Å². The van der Waals surface area contributed by atoms with Crippen molar-refractivity contribution >= 4 is 27.9 Å². The van der Waals surface area contributed by atoms with Gasteiger partial charge in [-0.1, -0.05) is 13.8 Å². The van der Waals surface area contributed by atoms with Gasteiger partial charge in [0.15, 0.2) is 0 Å². The second-order valence-electron chi connectivity index (χ2n) is 5.66. The fourth-order valence-corrected chi connectivity index (χ4v) is 2.98. The normalized spacial score (nSPS) is 19.3. The molecule has 1 aromatic rings. The summed E-state index contributed by atoms with van der Waals surface area (Å²) in [6.45, 7) is 4.45. The van der Waals surface area contributed by atoms with Gasteiger partial charge < -0.3 is 19.9 Å². The number of methoxy groups -OCH3 is 1. The van der Waals surface area contributed by atoms with E-state index in [4.69, 9.17) is 0 Å². The van der Waals surface area contributed by atoms with Crippen molar-refractivity contribution < 1.29 is 14.3 Å². The van der Waals surface area contributed by atoms with E-state index in [2.05, 4.69) is 36.0 Å². The summed E-state index contributed by atoms with van der Waals surface area (Å²) in [5.41, 5.74) is 0. The van der Waals surface area contributed by atoms with E-state index < -0.39 is 12.1 Å². The maximum absolute atomic E-state index is 12.8. The Morgan fingerprint density at radius 2 is 2.27 bits per heavy atom. The Bertz CT molecular complexity index is 546. The van der Waals surface area contributed by atoms with Crippen molar-refractivity contribution in [1.82, 2.24) is 20.2 Å². The number of hydrogen-bond acceptors (Lipinski definition) is 4. The molecule has 0 radical (unpaired) electrons. The molecular weight excluding hydrogens is 352 g/mol. The first-order valence-corrected chi connectivity index (χ1v) is 8.08. The van der Waals surface area contributed by atoms with Crippen molar-refractivity contribution in [2.45, 2.75) is 38.8 Å². The van der Waals surface area contributed by atoms with Crippen LogP contribution in [0.4, 0.5) is 4.79 Å². The molecule has 1 saturated heterocycles. The number of halogens is 1. The lowest BCUT2D eigenvalue weighted by atomic mass is 10.0. The molecular formula is C14H21BrN4O3. The average Bonchev–Trinajstić information content (AvgIpc) is 3.11. The molecule has 1 aliphatic rings. The molecule has 1 aliphatic heterocycles. The molecule has 2 N–H and O–H groups in total. The molecule has 2 heterocycles. The molecule has 0 saturated carbocycles. The topological polar surface area (TPSA) is 87.3 Å². The lowest BCUT2D eigenvalue weighted by Gasteiger charge is -2.29. The highest BCUT2D eigenvalue weighted by Crippen LogP contribution is 2.31. The van der Waals surface area contributed by atoms with Gasteiger partial charge in [0.05, 0.1) is 19.3 Å². The van der Waals surface area contributed by atoms with Gasteiger partial charge in [0.25, 0.3) is 0 Å². The molecule has 0 unspecified atom stereocenters. The van der Waals surface area contributed by atoms with Gasteiger partial charge in [-0.2, -0.15) is 0 Å². The van der Waals surface area contributed by atoms with E-state index in [0.717, 1.165) is 23.3 Å². The highest BCUT2D eigenvalue weighted by atomic mass is 79.9. The lowest BCUT2D eigenvalue weighted by molar-refractivity contribution is -0.135. The number of amides is 2. The van der Waals surface area contributed by atoms with Crippen LogP contribution in [0.5, 0.6) is 0 Å². The molecule has 0 spiro atoms. The van der Waals surface area contributed by atoms with Gasteiger partial charge in [-0.05, 0) is 34.7 Å². The zero-order valence-corrected chi connectivity index (χ0v) is 14.5. The number of H-pyrrole nitrogens is 1. The molecule has 2 rings (SSSR count). The van der Waals surface area contributed by atoms with Gasteiger partial charge in [-0.15, -0.1) is 0 Å². The number of nitrogens with zero attached hydrogens (tertiary/aromatic N) is 2. The van der Waals surface area contributed by atoms with Crippen LogP contribution in [0.25, 0.3) is 0 Å². The Morgan fingerprint density at radius 1 is 1.55 bits per heavy atom. The van der Waals surface area contributed by atoms with Crippen LogP contribution in [0.2, 0.25) is 0 Å². The largest absolute Gasteiger partial charge is 0.453 e. The number of nitrogens with one attached hydrogen (secondary N) is 2. The van der Waals surface area contributed by atoms with Gasteiger partial charge in [0.2, 0.25) is 5.91 Å². The summed E-state index contributed by atoms with van der Waals surface area (Å²) in [5, 5.41) is 2.63. The molecule has 0 aromatic carbocycles. The quantitative estimate of drug-likeness (QED) is 0.847. The maximum Gasteiger partial charge on any atom is 0.407 e. The minimum atomic E-state index is -0.605. The van der Waals surface area contributed by atoms with E-state index in [1.165, 1.54) is 7.11 Å². The molecule has 1 aromatic heterocycles. The van der Waals surface area contributed by atoms with Crippen LogP contribution in [0.1, 0.15) is 38.6 Å². The fraction of sp³-hybridized carbons (Fsp3) is 0.643. The standard InChI is InChI=1S/C14H21BrN4O3/c1-8(2)11(18-14(21)22-3)13(20)19-6-4-5-9(19)12-16-7-10(15)17-12/h7-9,11H,4-6H2,1-3H3,(H,16,17)(H,18,21)/t9-,11-/m0/s1. The molecule has 122 valence electrons. The van der Waals surface area contributed by atoms with Crippen LogP contribution >= 0.6 is 15.9 Å². The molecule has 22 heavy (non-hydrogen) atoms. The van der Waals surface area contributed by atoms with Gasteiger partial charge in [-0.3, -0.25) is 4.79 Å². The summed E-state index contributed by atoms with van der Waals surface area (Å²) in [6, 6.07) is -0.689. The minimum Gasteiger partial charge on any atom is -0.453 e. The Morgan fingerprint density at radius 3 is 2.82 bits per heavy atom. The van der Waals surface area contributed by atoms with Gasteiger partial charge >= 0.3 is 6.09 Å². The summed E-state index contributed by atoms with van der Waals surface area (Å²) in [5.74, 6) is 0.630. The van der Waals surface area contributed by atoms with Crippen LogP contribution in [0, 0.1) is 5.92 Å². The molecule has 1 fully saturated rings. The van der Waals surface area contributed by atoms with Crippen molar-refractivity contribution in [3.63, 3.8) is 0 Å². The predicted molar refractivity (Wildman–Crippen MR) is 84.1 cm³/mol. The molecule has 0 aliphatic carbocycles. The number of imidazole rings is 1. The molecule has 2 atom stereocenters. The lowest BCUT2D eigenvalue weighted by Crippen LogP contribution is -2.51. The first kappa shape index (κ1) is 16.8. The van der Waals surface area contributed by atoms with Crippen molar-refractivity contribution in [2.75, 3.05) is 13.7 Å². The fourth-order valence-electron chi connectivity index (χ4n) is 2.68. The van der Waals surface area contributed by atoms with Gasteiger partial charge in [0, 0.05) is 6.54 Å². The second-order valence-corrected chi connectivity index (χ2v) is 6.52. The molecule has 2 amide bonds. The highest BCUT2D eigenvalue weighted by molar-refractivity contribution is 9.10. The Balaban J connectivity index is 2.16. The van der Waals surface area contributed by atoms with E-state index in [1.807, 2.05) is 13.8 Å². The van der Waals surface area contributed by atoms with Crippen LogP contribution in [-0.4, -0.2) is 46.6 Å². The van der Waals surface area contributed by atoms with Crippen LogP contribution in [0.15, 0.2) is 10.8 Å². The zero-order chi connectivity index (χ0) is 16.3. The van der Waals surface area contributed by atoms with Gasteiger partial charge in [-0.25, -0.2) is 9.78 Å². The summed E-state index contributed by atoms with van der Waals surface area (Å²) >= 11 is 3.34. The third-order valence-electron chi connectivity index (χ3n) is 3.81. The van der Waals surface area contributed by atoms with Crippen molar-refractivity contribution in [2.24, 2.45) is 5.92 Å². The van der Waals surface area contributed by atoms with E-state index in [9.17, 15) is 9.59 Å². The number of likely N-dealkylation sites (tertiary alicyclic amines) is 1. The van der Waals surface area contributed by atoms with E-state index >= 15 is 0 Å².